The van der Waals surface area contributed by atoms with E-state index in [1.807, 2.05) is 0 Å². The van der Waals surface area contributed by atoms with Crippen molar-refractivity contribution < 1.29 is 9.53 Å². The molecule has 12 heavy (non-hydrogen) atoms. The summed E-state index contributed by atoms with van der Waals surface area (Å²) < 4.78 is 4.78. The molecule has 0 spiro atoms. The van der Waals surface area contributed by atoms with Gasteiger partial charge in [-0.3, -0.25) is 4.79 Å². The zero-order chi connectivity index (χ0) is 9.78. The van der Waals surface area contributed by atoms with Gasteiger partial charge >= 0.3 is 12.0 Å². The molecule has 1 atom stereocenters. The molecular formula is C5H8BrCl3O2Si. The summed E-state index contributed by atoms with van der Waals surface area (Å²) in [5.74, 6) is -0.335. The quantitative estimate of drug-likeness (QED) is 0.345. The van der Waals surface area contributed by atoms with Crippen molar-refractivity contribution in [2.45, 2.75) is 17.8 Å². The van der Waals surface area contributed by atoms with E-state index in [1.165, 1.54) is 0 Å². The highest BCUT2D eigenvalue weighted by Crippen LogP contribution is 2.24. The predicted molar refractivity (Wildman–Crippen MR) is 57.5 cm³/mol. The van der Waals surface area contributed by atoms with Crippen LogP contribution in [0.4, 0.5) is 0 Å². The molecule has 72 valence electrons. The highest BCUT2D eigenvalue weighted by Gasteiger charge is 2.25. The average Bonchev–Trinajstić information content (AvgIpc) is 1.84. The first-order valence-electron chi connectivity index (χ1n) is 3.20. The number of alkyl halides is 1. The molecule has 0 rings (SSSR count). The Hall–Kier alpha value is 1.04. The third kappa shape index (κ3) is 7.67. The van der Waals surface area contributed by atoms with Crippen LogP contribution in [-0.2, 0) is 9.53 Å². The second-order valence-corrected chi connectivity index (χ2v) is 12.8. The van der Waals surface area contributed by atoms with Gasteiger partial charge in [0.25, 0.3) is 0 Å². The van der Waals surface area contributed by atoms with Crippen LogP contribution in [-0.4, -0.2) is 23.4 Å². The molecule has 7 heteroatoms. The standard InChI is InChI=1S/C5H8BrCl3O2Si/c1-4(6)5(10)11-2-3-12(7,8)9/h4H,2-3H2,1H3. The van der Waals surface area contributed by atoms with Crippen LogP contribution in [0.2, 0.25) is 6.04 Å². The van der Waals surface area contributed by atoms with Crippen LogP contribution in [0.5, 0.6) is 0 Å². The van der Waals surface area contributed by atoms with Gasteiger partial charge in [-0.1, -0.05) is 15.9 Å². The molecule has 0 heterocycles. The molecule has 0 N–H and O–H groups in total. The molecule has 2 nitrogen and oxygen atoms in total. The molecule has 0 bridgehead atoms. The van der Waals surface area contributed by atoms with E-state index < -0.39 is 6.00 Å². The number of halogens is 4. The molecule has 1 unspecified atom stereocenters. The smallest absolute Gasteiger partial charge is 0.344 e. The van der Waals surface area contributed by atoms with E-state index in [4.69, 9.17) is 38.0 Å². The molecule has 0 aliphatic heterocycles. The highest BCUT2D eigenvalue weighted by atomic mass is 79.9. The topological polar surface area (TPSA) is 26.3 Å². The van der Waals surface area contributed by atoms with Gasteiger partial charge in [0.2, 0.25) is 0 Å². The van der Waals surface area contributed by atoms with E-state index in [9.17, 15) is 4.79 Å². The third-order valence-electron chi connectivity index (χ3n) is 0.955. The van der Waals surface area contributed by atoms with Crippen LogP contribution in [0, 0.1) is 0 Å². The Labute approximate surface area is 94.7 Å². The summed E-state index contributed by atoms with van der Waals surface area (Å²) in [6.45, 7) is 1.85. The number of esters is 1. The molecule has 0 fully saturated rings. The molecule has 0 aromatic carbocycles. The summed E-state index contributed by atoms with van der Waals surface area (Å²) in [6, 6.07) is -2.30. The molecular weight excluding hydrogens is 306 g/mol. The van der Waals surface area contributed by atoms with Crippen molar-refractivity contribution in [3.63, 3.8) is 0 Å². The van der Waals surface area contributed by atoms with Crippen LogP contribution >= 0.6 is 49.2 Å². The van der Waals surface area contributed by atoms with Crippen molar-refractivity contribution in [1.29, 1.82) is 0 Å². The Morgan fingerprint density at radius 2 is 2.08 bits per heavy atom. The second-order valence-electron chi connectivity index (χ2n) is 2.15. The molecule has 0 amide bonds. The van der Waals surface area contributed by atoms with E-state index in [-0.39, 0.29) is 17.4 Å². The Morgan fingerprint density at radius 3 is 2.42 bits per heavy atom. The predicted octanol–water partition coefficient (Wildman–Crippen LogP) is 2.97. The molecule has 0 aromatic heterocycles. The van der Waals surface area contributed by atoms with Gasteiger partial charge in [0.1, 0.15) is 4.83 Å². The minimum atomic E-state index is -2.63. The van der Waals surface area contributed by atoms with Crippen LogP contribution in [0.3, 0.4) is 0 Å². The average molecular weight is 314 g/mol. The normalized spacial score (nSPS) is 14.1. The molecule has 0 aromatic rings. The lowest BCUT2D eigenvalue weighted by atomic mass is 10.5. The number of ether oxygens (including phenoxy) is 1. The Bertz CT molecular complexity index is 159. The van der Waals surface area contributed by atoms with E-state index >= 15 is 0 Å². The maximum Gasteiger partial charge on any atom is 0.344 e. The third-order valence-corrected chi connectivity index (χ3v) is 3.80. The largest absolute Gasteiger partial charge is 0.465 e. The minimum Gasteiger partial charge on any atom is -0.465 e. The van der Waals surface area contributed by atoms with Gasteiger partial charge < -0.3 is 4.74 Å². The maximum atomic E-state index is 10.8. The maximum absolute atomic E-state index is 10.8. The number of carbonyl (C=O) groups excluding carboxylic acids is 1. The summed E-state index contributed by atoms with van der Waals surface area (Å²) in [6.07, 6.45) is 0. The van der Waals surface area contributed by atoms with Crippen molar-refractivity contribution >= 4 is 61.1 Å². The van der Waals surface area contributed by atoms with Crippen LogP contribution in [0.25, 0.3) is 0 Å². The Kier molecular flexibility index (Phi) is 6.19. The second kappa shape index (κ2) is 5.70. The van der Waals surface area contributed by atoms with Gasteiger partial charge in [-0.25, -0.2) is 0 Å². The first-order valence-corrected chi connectivity index (χ1v) is 9.36. The number of hydrogen-bond donors (Lipinski definition) is 0. The molecule has 0 radical (unpaired) electrons. The van der Waals surface area contributed by atoms with Crippen molar-refractivity contribution in [1.82, 2.24) is 0 Å². The SMILES string of the molecule is CC(Br)C(=O)OCC[Si](Cl)(Cl)Cl. The molecule has 0 aliphatic rings. The van der Waals surface area contributed by atoms with Crippen LogP contribution in [0.15, 0.2) is 0 Å². The van der Waals surface area contributed by atoms with Crippen molar-refractivity contribution in [3.8, 4) is 0 Å². The van der Waals surface area contributed by atoms with Gasteiger partial charge in [-0.15, -0.1) is 33.2 Å². The number of carbonyl (C=O) groups is 1. The van der Waals surface area contributed by atoms with E-state index in [0.29, 0.717) is 6.04 Å². The van der Waals surface area contributed by atoms with E-state index in [0.717, 1.165) is 0 Å². The summed E-state index contributed by atoms with van der Waals surface area (Å²) in [5, 5.41) is 0. The fourth-order valence-electron chi connectivity index (χ4n) is 0.382. The minimum absolute atomic E-state index is 0.178. The van der Waals surface area contributed by atoms with Gasteiger partial charge in [-0.2, -0.15) is 0 Å². The Morgan fingerprint density at radius 1 is 1.58 bits per heavy atom. The lowest BCUT2D eigenvalue weighted by molar-refractivity contribution is -0.141. The Balaban J connectivity index is 3.51. The summed E-state index contributed by atoms with van der Waals surface area (Å²) in [7, 11) is 0. The highest BCUT2D eigenvalue weighted by molar-refractivity contribution is 9.10. The van der Waals surface area contributed by atoms with E-state index in [1.54, 1.807) is 6.92 Å². The van der Waals surface area contributed by atoms with E-state index in [2.05, 4.69) is 15.9 Å². The number of rotatable bonds is 4. The van der Waals surface area contributed by atoms with Gasteiger partial charge in [0.05, 0.1) is 6.61 Å². The molecule has 0 aliphatic carbocycles. The summed E-state index contributed by atoms with van der Waals surface area (Å²) in [4.78, 5) is 10.5. The fraction of sp³-hybridized carbons (Fsp3) is 0.800. The molecule has 0 saturated carbocycles. The van der Waals surface area contributed by atoms with Crippen molar-refractivity contribution in [2.75, 3.05) is 6.61 Å². The van der Waals surface area contributed by atoms with Crippen LogP contribution in [0.1, 0.15) is 6.92 Å². The summed E-state index contributed by atoms with van der Waals surface area (Å²) >= 11 is 19.7. The lowest BCUT2D eigenvalue weighted by Crippen LogP contribution is -2.19. The first-order chi connectivity index (χ1) is 5.33. The van der Waals surface area contributed by atoms with Gasteiger partial charge in [0, 0.05) is 6.04 Å². The first kappa shape index (κ1) is 13.0. The van der Waals surface area contributed by atoms with Gasteiger partial charge in [-0.05, 0) is 6.92 Å². The van der Waals surface area contributed by atoms with Gasteiger partial charge in [0.15, 0.2) is 0 Å². The van der Waals surface area contributed by atoms with Crippen molar-refractivity contribution in [2.24, 2.45) is 0 Å². The summed E-state index contributed by atoms with van der Waals surface area (Å²) in [5.41, 5.74) is 0. The zero-order valence-electron chi connectivity index (χ0n) is 6.32. The zero-order valence-corrected chi connectivity index (χ0v) is 11.2. The fourth-order valence-corrected chi connectivity index (χ4v) is 1.54. The lowest BCUT2D eigenvalue weighted by Gasteiger charge is -2.08. The van der Waals surface area contributed by atoms with Crippen molar-refractivity contribution in [3.05, 3.63) is 0 Å². The number of hydrogen-bond acceptors (Lipinski definition) is 2. The monoisotopic (exact) mass is 312 g/mol. The molecule has 0 saturated heterocycles. The van der Waals surface area contributed by atoms with Crippen LogP contribution < -0.4 is 0 Å².